The molecule has 1 aromatic carbocycles. The van der Waals surface area contributed by atoms with Gasteiger partial charge < -0.3 is 10.5 Å². The van der Waals surface area contributed by atoms with Crippen LogP contribution in [0.2, 0.25) is 0 Å². The van der Waals surface area contributed by atoms with E-state index in [-0.39, 0.29) is 5.69 Å². The maximum Gasteiger partial charge on any atom is 0.360 e. The van der Waals surface area contributed by atoms with Gasteiger partial charge in [0.25, 0.3) is 0 Å². The van der Waals surface area contributed by atoms with Crippen LogP contribution < -0.4 is 5.73 Å². The third kappa shape index (κ3) is 2.20. The number of benzene rings is 1. The Morgan fingerprint density at radius 2 is 2.28 bits per heavy atom. The molecule has 0 unspecified atom stereocenters. The summed E-state index contributed by atoms with van der Waals surface area (Å²) in [6.07, 6.45) is 1.52. The molecule has 0 fully saturated rings. The zero-order valence-corrected chi connectivity index (χ0v) is 10.4. The van der Waals surface area contributed by atoms with Crippen molar-refractivity contribution in [2.45, 2.75) is 13.8 Å². The molecular formula is C13H15N3O2. The summed E-state index contributed by atoms with van der Waals surface area (Å²) in [6.45, 7) is 4.03. The van der Waals surface area contributed by atoms with Gasteiger partial charge in [0.2, 0.25) is 0 Å². The molecule has 0 amide bonds. The highest BCUT2D eigenvalue weighted by Crippen LogP contribution is 2.18. The lowest BCUT2D eigenvalue weighted by Gasteiger charge is -2.06. The lowest BCUT2D eigenvalue weighted by molar-refractivity contribution is 0.0521. The molecular weight excluding hydrogens is 230 g/mol. The van der Waals surface area contributed by atoms with Crippen molar-refractivity contribution in [3.8, 4) is 5.69 Å². The largest absolute Gasteiger partial charge is 0.461 e. The van der Waals surface area contributed by atoms with E-state index in [1.54, 1.807) is 11.5 Å². The Balaban J connectivity index is 2.39. The van der Waals surface area contributed by atoms with Crippen LogP contribution in [-0.2, 0) is 4.74 Å². The average molecular weight is 245 g/mol. The summed E-state index contributed by atoms with van der Waals surface area (Å²) in [7, 11) is 0. The number of nitrogens with zero attached hydrogens (tertiary/aromatic N) is 2. The van der Waals surface area contributed by atoms with E-state index in [0.717, 1.165) is 11.3 Å². The van der Waals surface area contributed by atoms with Gasteiger partial charge in [0.1, 0.15) is 12.1 Å². The Morgan fingerprint density at radius 1 is 1.50 bits per heavy atom. The van der Waals surface area contributed by atoms with Crippen molar-refractivity contribution < 1.29 is 9.53 Å². The van der Waals surface area contributed by atoms with Crippen LogP contribution >= 0.6 is 0 Å². The first-order valence-corrected chi connectivity index (χ1v) is 5.70. The van der Waals surface area contributed by atoms with E-state index in [9.17, 15) is 4.79 Å². The quantitative estimate of drug-likeness (QED) is 0.839. The minimum absolute atomic E-state index is 0.151. The van der Waals surface area contributed by atoms with Gasteiger partial charge in [-0.15, -0.1) is 0 Å². The van der Waals surface area contributed by atoms with Crippen LogP contribution in [0, 0.1) is 6.92 Å². The number of hydrogen-bond acceptors (Lipinski definition) is 4. The van der Waals surface area contributed by atoms with Gasteiger partial charge in [0.15, 0.2) is 5.69 Å². The van der Waals surface area contributed by atoms with Crippen LogP contribution in [0.4, 0.5) is 5.82 Å². The number of rotatable bonds is 3. The summed E-state index contributed by atoms with van der Waals surface area (Å²) < 4.78 is 6.55. The Morgan fingerprint density at radius 3 is 2.94 bits per heavy atom. The topological polar surface area (TPSA) is 70.1 Å². The minimum Gasteiger partial charge on any atom is -0.461 e. The fraction of sp³-hybridized carbons (Fsp3) is 0.231. The third-order valence-electron chi connectivity index (χ3n) is 2.55. The number of aryl methyl sites for hydroxylation is 1. The predicted octanol–water partition coefficient (Wildman–Crippen LogP) is 1.94. The molecule has 1 aromatic heterocycles. The van der Waals surface area contributed by atoms with Crippen LogP contribution in [0.15, 0.2) is 30.6 Å². The van der Waals surface area contributed by atoms with Crippen LogP contribution in [-0.4, -0.2) is 22.1 Å². The predicted molar refractivity (Wildman–Crippen MR) is 68.7 cm³/mol. The number of aromatic nitrogens is 2. The molecule has 2 rings (SSSR count). The van der Waals surface area contributed by atoms with Gasteiger partial charge in [-0.2, -0.15) is 0 Å². The number of esters is 1. The fourth-order valence-corrected chi connectivity index (χ4v) is 1.70. The lowest BCUT2D eigenvalue weighted by Crippen LogP contribution is -2.09. The smallest absolute Gasteiger partial charge is 0.360 e. The Kier molecular flexibility index (Phi) is 3.32. The van der Waals surface area contributed by atoms with E-state index in [2.05, 4.69) is 4.98 Å². The normalized spacial score (nSPS) is 10.3. The standard InChI is InChI=1S/C13H15N3O2/c1-3-18-13(17)11-12(14)16(8-15-11)10-6-4-5-9(2)7-10/h4-8H,3,14H2,1-2H3. The molecule has 0 saturated heterocycles. The average Bonchev–Trinajstić information content (AvgIpc) is 2.71. The van der Waals surface area contributed by atoms with Crippen molar-refractivity contribution in [2.24, 2.45) is 0 Å². The maximum atomic E-state index is 11.6. The minimum atomic E-state index is -0.499. The van der Waals surface area contributed by atoms with Crippen LogP contribution in [0.3, 0.4) is 0 Å². The van der Waals surface area contributed by atoms with Crippen molar-refractivity contribution in [1.29, 1.82) is 0 Å². The molecule has 2 N–H and O–H groups in total. The molecule has 1 heterocycles. The number of carbonyl (C=O) groups excluding carboxylic acids is 1. The number of nitrogen functional groups attached to an aromatic ring is 1. The van der Waals surface area contributed by atoms with Gasteiger partial charge in [-0.3, -0.25) is 4.57 Å². The van der Waals surface area contributed by atoms with E-state index < -0.39 is 5.97 Å². The van der Waals surface area contributed by atoms with Crippen LogP contribution in [0.25, 0.3) is 5.69 Å². The van der Waals surface area contributed by atoms with Crippen molar-refractivity contribution in [2.75, 3.05) is 12.3 Å². The van der Waals surface area contributed by atoms with E-state index >= 15 is 0 Å². The highest BCUT2D eigenvalue weighted by molar-refractivity contribution is 5.92. The number of carbonyl (C=O) groups is 1. The van der Waals surface area contributed by atoms with Crippen molar-refractivity contribution in [1.82, 2.24) is 9.55 Å². The van der Waals surface area contributed by atoms with Gasteiger partial charge in [-0.1, -0.05) is 12.1 Å². The summed E-state index contributed by atoms with van der Waals surface area (Å²) in [4.78, 5) is 15.6. The van der Waals surface area contributed by atoms with Gasteiger partial charge >= 0.3 is 5.97 Å². The molecule has 0 spiro atoms. The molecule has 5 nitrogen and oxygen atoms in total. The van der Waals surface area contributed by atoms with Gasteiger partial charge in [-0.25, -0.2) is 9.78 Å². The number of imidazole rings is 1. The first-order valence-electron chi connectivity index (χ1n) is 5.70. The fourth-order valence-electron chi connectivity index (χ4n) is 1.70. The van der Waals surface area contributed by atoms with Crippen molar-refractivity contribution in [3.63, 3.8) is 0 Å². The highest BCUT2D eigenvalue weighted by Gasteiger charge is 2.17. The van der Waals surface area contributed by atoms with Crippen molar-refractivity contribution in [3.05, 3.63) is 41.9 Å². The molecule has 0 radical (unpaired) electrons. The molecule has 0 aliphatic carbocycles. The zero-order valence-electron chi connectivity index (χ0n) is 10.4. The summed E-state index contributed by atoms with van der Waals surface area (Å²) in [5.74, 6) is -0.208. The zero-order chi connectivity index (χ0) is 13.1. The maximum absolute atomic E-state index is 11.6. The second-order valence-electron chi connectivity index (χ2n) is 3.91. The number of hydrogen-bond donors (Lipinski definition) is 1. The first kappa shape index (κ1) is 12.2. The summed E-state index contributed by atoms with van der Waals surface area (Å²) >= 11 is 0. The molecule has 0 aliphatic heterocycles. The molecule has 18 heavy (non-hydrogen) atoms. The highest BCUT2D eigenvalue weighted by atomic mass is 16.5. The van der Waals surface area contributed by atoms with E-state index in [4.69, 9.17) is 10.5 Å². The molecule has 94 valence electrons. The third-order valence-corrected chi connectivity index (χ3v) is 2.55. The van der Waals surface area contributed by atoms with Crippen molar-refractivity contribution >= 4 is 11.8 Å². The summed E-state index contributed by atoms with van der Waals surface area (Å²) in [6, 6.07) is 7.78. The number of nitrogens with two attached hydrogens (primary N) is 1. The Hall–Kier alpha value is -2.30. The first-order chi connectivity index (χ1) is 8.63. The van der Waals surface area contributed by atoms with E-state index in [0.29, 0.717) is 12.4 Å². The van der Waals surface area contributed by atoms with E-state index in [1.807, 2.05) is 31.2 Å². The van der Waals surface area contributed by atoms with Gasteiger partial charge in [0.05, 0.1) is 6.61 Å². The lowest BCUT2D eigenvalue weighted by atomic mass is 10.2. The summed E-state index contributed by atoms with van der Waals surface area (Å²) in [5, 5.41) is 0. The van der Waals surface area contributed by atoms with Crippen LogP contribution in [0.5, 0.6) is 0 Å². The number of anilines is 1. The molecule has 0 saturated carbocycles. The molecule has 0 atom stereocenters. The molecule has 0 aliphatic rings. The van der Waals surface area contributed by atoms with E-state index in [1.165, 1.54) is 6.33 Å². The molecule has 0 bridgehead atoms. The SMILES string of the molecule is CCOC(=O)c1ncn(-c2cccc(C)c2)c1N. The van der Waals surface area contributed by atoms with Gasteiger partial charge in [-0.05, 0) is 31.5 Å². The monoisotopic (exact) mass is 245 g/mol. The second-order valence-corrected chi connectivity index (χ2v) is 3.91. The Bertz CT molecular complexity index is 575. The van der Waals surface area contributed by atoms with Crippen LogP contribution in [0.1, 0.15) is 23.0 Å². The molecule has 2 aromatic rings. The second kappa shape index (κ2) is 4.91. The number of ether oxygens (including phenoxy) is 1. The molecule has 5 heteroatoms. The Labute approximate surface area is 105 Å². The van der Waals surface area contributed by atoms with Gasteiger partial charge in [0, 0.05) is 5.69 Å². The summed E-state index contributed by atoms with van der Waals surface area (Å²) in [5.41, 5.74) is 8.05.